The Bertz CT molecular complexity index is 667. The monoisotopic (exact) mass is 306 g/mol. The Kier molecular flexibility index (Phi) is 4.59. The first-order chi connectivity index (χ1) is 9.99. The van der Waals surface area contributed by atoms with E-state index in [0.29, 0.717) is 12.2 Å². The first-order valence-electron chi connectivity index (χ1n) is 6.32. The highest BCUT2D eigenvalue weighted by Gasteiger charge is 2.20. The molecular formula is C14H15ClN4O2. The lowest BCUT2D eigenvalue weighted by Crippen LogP contribution is -2.33. The molecular weight excluding hydrogens is 292 g/mol. The molecule has 0 fully saturated rings. The summed E-state index contributed by atoms with van der Waals surface area (Å²) in [4.78, 5) is 22.7. The van der Waals surface area contributed by atoms with Crippen LogP contribution in [0.25, 0.3) is 0 Å². The largest absolute Gasteiger partial charge is 0.368 e. The molecule has 0 saturated carbocycles. The van der Waals surface area contributed by atoms with Crippen LogP contribution < -0.4 is 11.1 Å². The number of hydrogen-bond donors (Lipinski definition) is 2. The number of nitrogens with zero attached hydrogens (tertiary/aromatic N) is 2. The number of hydrogen-bond acceptors (Lipinski definition) is 3. The standard InChI is InChI=1S/C14H15ClN4O2/c1-9-12(14(21)17-7-11(16)20)13(15)19(18-9)8-10-5-3-2-4-6-10/h2-6H,7-8H2,1H3,(H2,16,20)(H,17,21). The van der Waals surface area contributed by atoms with Crippen LogP contribution in [0.4, 0.5) is 0 Å². The summed E-state index contributed by atoms with van der Waals surface area (Å²) in [5.41, 5.74) is 6.77. The third-order valence-corrected chi connectivity index (χ3v) is 3.27. The number of carbonyl (C=O) groups excluding carboxylic acids is 2. The first kappa shape index (κ1) is 15.1. The third kappa shape index (κ3) is 3.61. The van der Waals surface area contributed by atoms with Crippen LogP contribution in [-0.4, -0.2) is 28.1 Å². The summed E-state index contributed by atoms with van der Waals surface area (Å²) in [7, 11) is 0. The van der Waals surface area contributed by atoms with Gasteiger partial charge in [0.25, 0.3) is 5.91 Å². The van der Waals surface area contributed by atoms with Crippen LogP contribution in [0.2, 0.25) is 5.15 Å². The first-order valence-corrected chi connectivity index (χ1v) is 6.70. The average molecular weight is 307 g/mol. The lowest BCUT2D eigenvalue weighted by molar-refractivity contribution is -0.117. The van der Waals surface area contributed by atoms with E-state index in [9.17, 15) is 9.59 Å². The maximum absolute atomic E-state index is 12.0. The third-order valence-electron chi connectivity index (χ3n) is 2.89. The Labute approximate surface area is 126 Å². The number of aryl methyl sites for hydroxylation is 1. The lowest BCUT2D eigenvalue weighted by atomic mass is 10.2. The molecule has 0 radical (unpaired) electrons. The molecule has 0 aliphatic carbocycles. The van der Waals surface area contributed by atoms with Crippen LogP contribution in [0.15, 0.2) is 30.3 Å². The summed E-state index contributed by atoms with van der Waals surface area (Å²) in [5, 5.41) is 6.90. The van der Waals surface area contributed by atoms with Crippen LogP contribution in [0.1, 0.15) is 21.6 Å². The predicted octanol–water partition coefficient (Wildman–Crippen LogP) is 1.11. The van der Waals surface area contributed by atoms with Crippen molar-refractivity contribution in [2.45, 2.75) is 13.5 Å². The Morgan fingerprint density at radius 3 is 2.62 bits per heavy atom. The minimum atomic E-state index is -0.617. The number of aromatic nitrogens is 2. The van der Waals surface area contributed by atoms with Crippen molar-refractivity contribution in [3.8, 4) is 0 Å². The summed E-state index contributed by atoms with van der Waals surface area (Å²) >= 11 is 6.21. The van der Waals surface area contributed by atoms with Crippen molar-refractivity contribution in [3.63, 3.8) is 0 Å². The number of primary amides is 1. The van der Waals surface area contributed by atoms with Gasteiger partial charge in [0.15, 0.2) is 0 Å². The maximum Gasteiger partial charge on any atom is 0.256 e. The van der Waals surface area contributed by atoms with Crippen LogP contribution >= 0.6 is 11.6 Å². The fourth-order valence-corrected chi connectivity index (χ4v) is 2.25. The number of carbonyl (C=O) groups is 2. The van der Waals surface area contributed by atoms with E-state index in [0.717, 1.165) is 5.56 Å². The van der Waals surface area contributed by atoms with Crippen molar-refractivity contribution in [3.05, 3.63) is 52.3 Å². The fraction of sp³-hybridized carbons (Fsp3) is 0.214. The number of halogens is 1. The van der Waals surface area contributed by atoms with Crippen LogP contribution in [-0.2, 0) is 11.3 Å². The smallest absolute Gasteiger partial charge is 0.256 e. The molecule has 0 atom stereocenters. The summed E-state index contributed by atoms with van der Waals surface area (Å²) in [6.07, 6.45) is 0. The van der Waals surface area contributed by atoms with Crippen LogP contribution in [0.5, 0.6) is 0 Å². The number of rotatable bonds is 5. The maximum atomic E-state index is 12.0. The van der Waals surface area contributed by atoms with Gasteiger partial charge in [-0.15, -0.1) is 0 Å². The number of nitrogens with two attached hydrogens (primary N) is 1. The summed E-state index contributed by atoms with van der Waals surface area (Å²) in [6, 6.07) is 9.64. The highest BCUT2D eigenvalue weighted by Crippen LogP contribution is 2.20. The zero-order valence-electron chi connectivity index (χ0n) is 11.5. The quantitative estimate of drug-likeness (QED) is 0.867. The van der Waals surface area contributed by atoms with Crippen LogP contribution in [0.3, 0.4) is 0 Å². The molecule has 1 heterocycles. The molecule has 0 aliphatic heterocycles. The molecule has 2 amide bonds. The molecule has 0 saturated heterocycles. The van der Waals surface area contributed by atoms with Gasteiger partial charge < -0.3 is 11.1 Å². The second-order valence-electron chi connectivity index (χ2n) is 4.54. The molecule has 0 spiro atoms. The van der Waals surface area contributed by atoms with Crippen molar-refractivity contribution in [2.24, 2.45) is 5.73 Å². The van der Waals surface area contributed by atoms with Crippen molar-refractivity contribution in [1.82, 2.24) is 15.1 Å². The Hall–Kier alpha value is -2.34. The van der Waals surface area contributed by atoms with Crippen molar-refractivity contribution < 1.29 is 9.59 Å². The van der Waals surface area contributed by atoms with Crippen molar-refractivity contribution in [1.29, 1.82) is 0 Å². The minimum Gasteiger partial charge on any atom is -0.368 e. The van der Waals surface area contributed by atoms with Gasteiger partial charge in [0.2, 0.25) is 5.91 Å². The molecule has 6 nitrogen and oxygen atoms in total. The Morgan fingerprint density at radius 1 is 1.33 bits per heavy atom. The minimum absolute atomic E-state index is 0.235. The van der Waals surface area contributed by atoms with Crippen molar-refractivity contribution >= 4 is 23.4 Å². The zero-order chi connectivity index (χ0) is 15.4. The topological polar surface area (TPSA) is 90.0 Å². The molecule has 0 unspecified atom stereocenters. The molecule has 110 valence electrons. The molecule has 0 aliphatic rings. The van der Waals surface area contributed by atoms with E-state index in [-0.39, 0.29) is 17.3 Å². The fourth-order valence-electron chi connectivity index (χ4n) is 1.93. The average Bonchev–Trinajstić information content (AvgIpc) is 2.72. The number of benzene rings is 1. The second-order valence-corrected chi connectivity index (χ2v) is 4.90. The lowest BCUT2D eigenvalue weighted by Gasteiger charge is -2.04. The van der Waals surface area contributed by atoms with E-state index in [4.69, 9.17) is 17.3 Å². The molecule has 1 aromatic carbocycles. The summed E-state index contributed by atoms with van der Waals surface area (Å²) < 4.78 is 1.55. The van der Waals surface area contributed by atoms with Crippen LogP contribution in [0, 0.1) is 6.92 Å². The van der Waals surface area contributed by atoms with Gasteiger partial charge in [-0.05, 0) is 12.5 Å². The Morgan fingerprint density at radius 2 is 2.00 bits per heavy atom. The van der Waals surface area contributed by atoms with Crippen molar-refractivity contribution in [2.75, 3.05) is 6.54 Å². The van der Waals surface area contributed by atoms with Gasteiger partial charge in [-0.3, -0.25) is 9.59 Å². The van der Waals surface area contributed by atoms with E-state index in [1.807, 2.05) is 30.3 Å². The highest BCUT2D eigenvalue weighted by atomic mass is 35.5. The Balaban J connectivity index is 2.21. The molecule has 1 aromatic heterocycles. The van der Waals surface area contributed by atoms with Gasteiger partial charge in [0.1, 0.15) is 5.15 Å². The zero-order valence-corrected chi connectivity index (χ0v) is 12.2. The molecule has 2 rings (SSSR count). The van der Waals surface area contributed by atoms with Gasteiger partial charge >= 0.3 is 0 Å². The van der Waals surface area contributed by atoms with E-state index < -0.39 is 11.8 Å². The second kappa shape index (κ2) is 6.41. The molecule has 21 heavy (non-hydrogen) atoms. The van der Waals surface area contributed by atoms with E-state index in [1.165, 1.54) is 0 Å². The van der Waals surface area contributed by atoms with E-state index in [2.05, 4.69) is 10.4 Å². The predicted molar refractivity (Wildman–Crippen MR) is 79.0 cm³/mol. The van der Waals surface area contributed by atoms with Gasteiger partial charge in [0.05, 0.1) is 24.3 Å². The number of nitrogens with one attached hydrogen (secondary N) is 1. The van der Waals surface area contributed by atoms with E-state index in [1.54, 1.807) is 11.6 Å². The normalized spacial score (nSPS) is 10.4. The van der Waals surface area contributed by atoms with Gasteiger partial charge in [-0.2, -0.15) is 5.10 Å². The molecule has 2 aromatic rings. The SMILES string of the molecule is Cc1nn(Cc2ccccc2)c(Cl)c1C(=O)NCC(N)=O. The summed E-state index contributed by atoms with van der Waals surface area (Å²) in [5.74, 6) is -1.08. The molecule has 7 heteroatoms. The van der Waals surface area contributed by atoms with Gasteiger partial charge in [-0.1, -0.05) is 41.9 Å². The summed E-state index contributed by atoms with van der Waals surface area (Å²) in [6.45, 7) is 1.91. The van der Waals surface area contributed by atoms with E-state index >= 15 is 0 Å². The molecule has 3 N–H and O–H groups in total. The van der Waals surface area contributed by atoms with Gasteiger partial charge in [0, 0.05) is 0 Å². The van der Waals surface area contributed by atoms with Gasteiger partial charge in [-0.25, -0.2) is 4.68 Å². The molecule has 0 bridgehead atoms. The highest BCUT2D eigenvalue weighted by molar-refractivity contribution is 6.33. The number of amides is 2.